The van der Waals surface area contributed by atoms with E-state index in [1.807, 2.05) is 31.6 Å². The number of carbonyl (C=O) groups excluding carboxylic acids is 1. The predicted molar refractivity (Wildman–Crippen MR) is 99.8 cm³/mol. The van der Waals surface area contributed by atoms with Crippen molar-refractivity contribution in [3.05, 3.63) is 42.2 Å². The van der Waals surface area contributed by atoms with Crippen molar-refractivity contribution in [3.8, 4) is 0 Å². The highest BCUT2D eigenvalue weighted by Gasteiger charge is 2.44. The Morgan fingerprint density at radius 3 is 2.72 bits per heavy atom. The first-order valence-corrected chi connectivity index (χ1v) is 9.35. The number of benzene rings is 1. The average molecular weight is 338 g/mol. The van der Waals surface area contributed by atoms with Crippen molar-refractivity contribution < 1.29 is 4.79 Å². The Kier molecular flexibility index (Phi) is 4.47. The lowest BCUT2D eigenvalue weighted by Crippen LogP contribution is -2.24. The van der Waals surface area contributed by atoms with Crippen LogP contribution in [0, 0.1) is 5.92 Å². The van der Waals surface area contributed by atoms with Gasteiger partial charge in [-0.1, -0.05) is 18.9 Å². The second kappa shape index (κ2) is 6.90. The van der Waals surface area contributed by atoms with Gasteiger partial charge in [-0.15, -0.1) is 0 Å². The summed E-state index contributed by atoms with van der Waals surface area (Å²) < 4.78 is 1.80. The van der Waals surface area contributed by atoms with Gasteiger partial charge < -0.3 is 10.2 Å². The largest absolute Gasteiger partial charge is 0.371 e. The maximum atomic E-state index is 12.6. The molecule has 1 saturated carbocycles. The van der Waals surface area contributed by atoms with Gasteiger partial charge in [0.2, 0.25) is 5.91 Å². The van der Waals surface area contributed by atoms with Crippen LogP contribution < -0.4 is 10.2 Å². The van der Waals surface area contributed by atoms with Crippen molar-refractivity contribution in [2.24, 2.45) is 13.0 Å². The zero-order chi connectivity index (χ0) is 17.2. The van der Waals surface area contributed by atoms with Gasteiger partial charge in [0.25, 0.3) is 0 Å². The van der Waals surface area contributed by atoms with E-state index in [9.17, 15) is 4.79 Å². The van der Waals surface area contributed by atoms with Crippen molar-refractivity contribution in [1.82, 2.24) is 9.78 Å². The molecular formula is C20H26N4O. The van der Waals surface area contributed by atoms with E-state index < -0.39 is 0 Å². The van der Waals surface area contributed by atoms with Crippen molar-refractivity contribution in [2.45, 2.75) is 38.0 Å². The minimum atomic E-state index is 0.0750. The second-order valence-electron chi connectivity index (χ2n) is 7.34. The number of aryl methyl sites for hydroxylation is 1. The van der Waals surface area contributed by atoms with Gasteiger partial charge in [-0.3, -0.25) is 9.48 Å². The van der Waals surface area contributed by atoms with E-state index in [-0.39, 0.29) is 11.8 Å². The molecule has 2 aromatic rings. The van der Waals surface area contributed by atoms with Gasteiger partial charge in [0.05, 0.1) is 6.20 Å². The number of aromatic nitrogens is 2. The molecule has 1 aliphatic carbocycles. The standard InChI is InChI=1S/C20H26N4O/c1-23-14-15(13-21-23)18-12-19(18)20(25)22-16-7-6-8-17(11-16)24-9-4-2-3-5-10-24/h6-8,11,13-14,18-19H,2-5,9-10,12H2,1H3,(H,22,25)/t18-,19-/m0/s1. The molecule has 25 heavy (non-hydrogen) atoms. The first-order valence-electron chi connectivity index (χ1n) is 9.35. The molecule has 0 spiro atoms. The first-order chi connectivity index (χ1) is 12.2. The van der Waals surface area contributed by atoms with E-state index >= 15 is 0 Å². The molecule has 1 saturated heterocycles. The summed E-state index contributed by atoms with van der Waals surface area (Å²) in [6, 6.07) is 8.29. The number of carbonyl (C=O) groups is 1. The summed E-state index contributed by atoms with van der Waals surface area (Å²) in [6.45, 7) is 2.23. The van der Waals surface area contributed by atoms with Crippen molar-refractivity contribution >= 4 is 17.3 Å². The van der Waals surface area contributed by atoms with Gasteiger partial charge in [-0.05, 0) is 48.9 Å². The molecule has 2 fully saturated rings. The van der Waals surface area contributed by atoms with Crippen molar-refractivity contribution in [2.75, 3.05) is 23.3 Å². The lowest BCUT2D eigenvalue weighted by molar-refractivity contribution is -0.117. The normalized spacial score (nSPS) is 23.2. The number of hydrogen-bond donors (Lipinski definition) is 1. The van der Waals surface area contributed by atoms with Gasteiger partial charge in [-0.2, -0.15) is 5.10 Å². The highest BCUT2D eigenvalue weighted by Crippen LogP contribution is 2.47. The number of amides is 1. The summed E-state index contributed by atoms with van der Waals surface area (Å²) >= 11 is 0. The van der Waals surface area contributed by atoms with E-state index in [2.05, 4.69) is 27.4 Å². The zero-order valence-corrected chi connectivity index (χ0v) is 14.8. The van der Waals surface area contributed by atoms with Crippen LogP contribution in [0.3, 0.4) is 0 Å². The molecule has 5 heteroatoms. The SMILES string of the molecule is Cn1cc([C@@H]2C[C@@H]2C(=O)Nc2cccc(N3CCCCCC3)c2)cn1. The van der Waals surface area contributed by atoms with Crippen LogP contribution in [-0.4, -0.2) is 28.8 Å². The maximum Gasteiger partial charge on any atom is 0.228 e. The van der Waals surface area contributed by atoms with Crippen molar-refractivity contribution in [3.63, 3.8) is 0 Å². The molecule has 1 aromatic heterocycles. The Balaban J connectivity index is 1.39. The van der Waals surface area contributed by atoms with Crippen LogP contribution in [0.25, 0.3) is 0 Å². The van der Waals surface area contributed by atoms with E-state index in [4.69, 9.17) is 0 Å². The minimum Gasteiger partial charge on any atom is -0.371 e. The van der Waals surface area contributed by atoms with Crippen LogP contribution in [0.15, 0.2) is 36.7 Å². The van der Waals surface area contributed by atoms with Crippen LogP contribution in [0.5, 0.6) is 0 Å². The Hall–Kier alpha value is -2.30. The van der Waals surface area contributed by atoms with E-state index in [1.54, 1.807) is 4.68 Å². The summed E-state index contributed by atoms with van der Waals surface area (Å²) in [6.07, 6.45) is 9.96. The van der Waals surface area contributed by atoms with Gasteiger partial charge in [-0.25, -0.2) is 0 Å². The fourth-order valence-corrected chi connectivity index (χ4v) is 3.83. The fourth-order valence-electron chi connectivity index (χ4n) is 3.83. The predicted octanol–water partition coefficient (Wildman–Crippen LogP) is 3.54. The third kappa shape index (κ3) is 3.70. The van der Waals surface area contributed by atoms with Gasteiger partial charge in [0.1, 0.15) is 0 Å². The lowest BCUT2D eigenvalue weighted by atomic mass is 10.2. The topological polar surface area (TPSA) is 50.2 Å². The molecule has 132 valence electrons. The fraction of sp³-hybridized carbons (Fsp3) is 0.500. The summed E-state index contributed by atoms with van der Waals surface area (Å²) in [5, 5.41) is 7.32. The number of nitrogens with one attached hydrogen (secondary N) is 1. The molecule has 0 radical (unpaired) electrons. The summed E-state index contributed by atoms with van der Waals surface area (Å²) in [7, 11) is 1.91. The summed E-state index contributed by atoms with van der Waals surface area (Å²) in [5.74, 6) is 0.524. The zero-order valence-electron chi connectivity index (χ0n) is 14.8. The van der Waals surface area contributed by atoms with Gasteiger partial charge >= 0.3 is 0 Å². The monoisotopic (exact) mass is 338 g/mol. The highest BCUT2D eigenvalue weighted by molar-refractivity contribution is 5.95. The van der Waals surface area contributed by atoms with Crippen LogP contribution in [0.1, 0.15) is 43.6 Å². The van der Waals surface area contributed by atoms with Gasteiger partial charge in [0, 0.05) is 43.6 Å². The lowest BCUT2D eigenvalue weighted by Gasteiger charge is -2.23. The number of hydrogen-bond acceptors (Lipinski definition) is 3. The van der Waals surface area contributed by atoms with E-state index in [0.29, 0.717) is 5.92 Å². The molecular weight excluding hydrogens is 312 g/mol. The average Bonchev–Trinajstić information content (AvgIpc) is 3.36. The molecule has 2 heterocycles. The van der Waals surface area contributed by atoms with Gasteiger partial charge in [0.15, 0.2) is 0 Å². The molecule has 5 nitrogen and oxygen atoms in total. The molecule has 0 bridgehead atoms. The number of anilines is 2. The Labute approximate surface area is 149 Å². The van der Waals surface area contributed by atoms with Crippen LogP contribution in [0.2, 0.25) is 0 Å². The number of nitrogens with zero attached hydrogens (tertiary/aromatic N) is 3. The van der Waals surface area contributed by atoms with Crippen LogP contribution >= 0.6 is 0 Å². The van der Waals surface area contributed by atoms with Crippen LogP contribution in [-0.2, 0) is 11.8 Å². The minimum absolute atomic E-state index is 0.0750. The molecule has 4 rings (SSSR count). The third-order valence-corrected chi connectivity index (χ3v) is 5.37. The highest BCUT2D eigenvalue weighted by atomic mass is 16.2. The first kappa shape index (κ1) is 16.2. The molecule has 1 aliphatic heterocycles. The Morgan fingerprint density at radius 1 is 1.20 bits per heavy atom. The summed E-state index contributed by atoms with van der Waals surface area (Å²) in [4.78, 5) is 15.0. The molecule has 1 amide bonds. The summed E-state index contributed by atoms with van der Waals surface area (Å²) in [5.41, 5.74) is 3.30. The second-order valence-corrected chi connectivity index (χ2v) is 7.34. The van der Waals surface area contributed by atoms with E-state index in [0.717, 1.165) is 25.2 Å². The molecule has 1 aromatic carbocycles. The quantitative estimate of drug-likeness (QED) is 0.927. The van der Waals surface area contributed by atoms with E-state index in [1.165, 1.54) is 36.9 Å². The molecule has 2 aliphatic rings. The van der Waals surface area contributed by atoms with Crippen LogP contribution in [0.4, 0.5) is 11.4 Å². The molecule has 1 N–H and O–H groups in total. The maximum absolute atomic E-state index is 12.6. The number of rotatable bonds is 4. The van der Waals surface area contributed by atoms with Crippen molar-refractivity contribution in [1.29, 1.82) is 0 Å². The molecule has 2 atom stereocenters. The Morgan fingerprint density at radius 2 is 2.00 bits per heavy atom. The Bertz CT molecular complexity index is 746. The smallest absolute Gasteiger partial charge is 0.228 e. The third-order valence-electron chi connectivity index (χ3n) is 5.37. The molecule has 0 unspecified atom stereocenters.